The van der Waals surface area contributed by atoms with Gasteiger partial charge in [-0.3, -0.25) is 4.79 Å². The van der Waals surface area contributed by atoms with Crippen molar-refractivity contribution in [2.24, 2.45) is 5.92 Å². The minimum Gasteiger partial charge on any atom is -0.294 e. The van der Waals surface area contributed by atoms with Gasteiger partial charge in [-0.1, -0.05) is 24.3 Å². The number of benzene rings is 2. The number of rotatable bonds is 3. The molecule has 3 rings (SSSR count). The van der Waals surface area contributed by atoms with Crippen molar-refractivity contribution in [3.63, 3.8) is 0 Å². The first-order valence-corrected chi connectivity index (χ1v) is 6.58. The van der Waals surface area contributed by atoms with Gasteiger partial charge < -0.3 is 0 Å². The van der Waals surface area contributed by atoms with Crippen LogP contribution >= 0.6 is 0 Å². The second-order valence-electron chi connectivity index (χ2n) is 5.18. The number of Topliss-reactive ketones (excluding diaryl/α,β-unsaturated/α-hetero) is 1. The molecule has 1 aliphatic carbocycles. The molecule has 0 atom stereocenters. The van der Waals surface area contributed by atoms with Crippen LogP contribution in [0.25, 0.3) is 0 Å². The molecule has 0 unspecified atom stereocenters. The highest BCUT2D eigenvalue weighted by Gasteiger charge is 2.23. The highest BCUT2D eigenvalue weighted by molar-refractivity contribution is 5.96. The van der Waals surface area contributed by atoms with Gasteiger partial charge in [0.2, 0.25) is 0 Å². The molecule has 1 aliphatic rings. The fraction of sp³-hybridized carbons (Fsp3) is 0.235. The molecule has 19 heavy (non-hydrogen) atoms. The first-order chi connectivity index (χ1) is 9.22. The summed E-state index contributed by atoms with van der Waals surface area (Å²) in [6, 6.07) is 14.2. The molecular weight excluding hydrogens is 239 g/mol. The first kappa shape index (κ1) is 12.1. The lowest BCUT2D eigenvalue weighted by Gasteiger charge is -2.07. The Morgan fingerprint density at radius 2 is 1.58 bits per heavy atom. The average Bonchev–Trinajstić information content (AvgIpc) is 2.81. The molecule has 0 radical (unpaired) electrons. The van der Waals surface area contributed by atoms with Crippen LogP contribution in [0.2, 0.25) is 0 Å². The van der Waals surface area contributed by atoms with Crippen molar-refractivity contribution in [1.29, 1.82) is 0 Å². The van der Waals surface area contributed by atoms with Crippen molar-refractivity contribution >= 4 is 5.78 Å². The summed E-state index contributed by atoms with van der Waals surface area (Å²) in [4.78, 5) is 12.1. The number of ketones is 1. The molecule has 0 aliphatic heterocycles. The van der Waals surface area contributed by atoms with E-state index in [1.54, 1.807) is 12.1 Å². The maximum absolute atomic E-state index is 12.8. The monoisotopic (exact) mass is 254 g/mol. The first-order valence-electron chi connectivity index (χ1n) is 6.58. The van der Waals surface area contributed by atoms with Gasteiger partial charge in [-0.2, -0.15) is 0 Å². The molecule has 0 N–H and O–H groups in total. The smallest absolute Gasteiger partial charge is 0.163 e. The molecule has 0 saturated heterocycles. The van der Waals surface area contributed by atoms with E-state index in [4.69, 9.17) is 0 Å². The second-order valence-corrected chi connectivity index (χ2v) is 5.18. The lowest BCUT2D eigenvalue weighted by atomic mass is 9.96. The molecule has 0 heterocycles. The van der Waals surface area contributed by atoms with Gasteiger partial charge in [-0.05, 0) is 54.2 Å². The van der Waals surface area contributed by atoms with Crippen LogP contribution in [-0.4, -0.2) is 5.78 Å². The topological polar surface area (TPSA) is 17.1 Å². The molecule has 2 aromatic rings. The minimum atomic E-state index is -0.301. The van der Waals surface area contributed by atoms with Crippen LogP contribution in [-0.2, 0) is 12.8 Å². The van der Waals surface area contributed by atoms with Crippen LogP contribution < -0.4 is 0 Å². The van der Waals surface area contributed by atoms with Gasteiger partial charge in [0.05, 0.1) is 0 Å². The maximum atomic E-state index is 12.8. The molecular formula is C17H15FO. The summed E-state index contributed by atoms with van der Waals surface area (Å²) >= 11 is 0. The van der Waals surface area contributed by atoms with Crippen molar-refractivity contribution in [3.8, 4) is 0 Å². The Labute approximate surface area is 112 Å². The van der Waals surface area contributed by atoms with Crippen LogP contribution in [0, 0.1) is 11.7 Å². The van der Waals surface area contributed by atoms with E-state index in [0.717, 1.165) is 12.8 Å². The molecule has 96 valence electrons. The maximum Gasteiger partial charge on any atom is 0.163 e. The molecule has 1 nitrogen and oxygen atoms in total. The summed E-state index contributed by atoms with van der Waals surface area (Å²) in [5, 5.41) is 0. The largest absolute Gasteiger partial charge is 0.294 e. The highest BCUT2D eigenvalue weighted by atomic mass is 19.1. The molecule has 0 spiro atoms. The summed E-state index contributed by atoms with van der Waals surface area (Å²) in [5.41, 5.74) is 3.33. The summed E-state index contributed by atoms with van der Waals surface area (Å²) < 4.78 is 12.8. The van der Waals surface area contributed by atoms with Crippen molar-refractivity contribution in [2.75, 3.05) is 0 Å². The molecule has 0 fully saturated rings. The second kappa shape index (κ2) is 4.96. The Kier molecular flexibility index (Phi) is 3.16. The zero-order valence-corrected chi connectivity index (χ0v) is 10.6. The van der Waals surface area contributed by atoms with E-state index in [2.05, 4.69) is 12.1 Å². The summed E-state index contributed by atoms with van der Waals surface area (Å²) in [6.45, 7) is 0. The van der Waals surface area contributed by atoms with E-state index in [1.165, 1.54) is 23.3 Å². The van der Waals surface area contributed by atoms with Crippen LogP contribution in [0.1, 0.15) is 27.9 Å². The third-order valence-electron chi connectivity index (χ3n) is 3.78. The third-order valence-corrected chi connectivity index (χ3v) is 3.78. The van der Waals surface area contributed by atoms with Gasteiger partial charge in [0, 0.05) is 12.0 Å². The van der Waals surface area contributed by atoms with Gasteiger partial charge in [-0.25, -0.2) is 4.39 Å². The third kappa shape index (κ3) is 2.58. The van der Waals surface area contributed by atoms with Crippen molar-refractivity contribution < 1.29 is 9.18 Å². The quantitative estimate of drug-likeness (QED) is 0.761. The molecule has 0 bridgehead atoms. The molecule has 0 amide bonds. The van der Waals surface area contributed by atoms with Gasteiger partial charge in [0.1, 0.15) is 5.82 Å². The average molecular weight is 254 g/mol. The SMILES string of the molecule is O=C(CC1Cc2ccccc2C1)c1ccc(F)cc1. The normalized spacial score (nSPS) is 14.4. The fourth-order valence-electron chi connectivity index (χ4n) is 2.81. The number of fused-ring (bicyclic) bond motifs is 1. The van der Waals surface area contributed by atoms with Gasteiger partial charge in [0.15, 0.2) is 5.78 Å². The summed E-state index contributed by atoms with van der Waals surface area (Å²) in [5.74, 6) is 0.192. The lowest BCUT2D eigenvalue weighted by molar-refractivity contribution is 0.0963. The fourth-order valence-corrected chi connectivity index (χ4v) is 2.81. The van der Waals surface area contributed by atoms with E-state index >= 15 is 0 Å². The molecule has 2 heteroatoms. The van der Waals surface area contributed by atoms with Gasteiger partial charge in [0.25, 0.3) is 0 Å². The number of carbonyl (C=O) groups is 1. The molecule has 0 saturated carbocycles. The zero-order chi connectivity index (χ0) is 13.2. The van der Waals surface area contributed by atoms with E-state index < -0.39 is 0 Å². The van der Waals surface area contributed by atoms with Crippen LogP contribution in [0.3, 0.4) is 0 Å². The zero-order valence-electron chi connectivity index (χ0n) is 10.6. The predicted octanol–water partition coefficient (Wildman–Crippen LogP) is 3.81. The Morgan fingerprint density at radius 3 is 2.16 bits per heavy atom. The Balaban J connectivity index is 1.67. The lowest BCUT2D eigenvalue weighted by Crippen LogP contribution is -2.09. The van der Waals surface area contributed by atoms with E-state index in [0.29, 0.717) is 17.9 Å². The minimum absolute atomic E-state index is 0.109. The van der Waals surface area contributed by atoms with Crippen LogP contribution in [0.4, 0.5) is 4.39 Å². The van der Waals surface area contributed by atoms with E-state index in [-0.39, 0.29) is 11.6 Å². The number of carbonyl (C=O) groups excluding carboxylic acids is 1. The highest BCUT2D eigenvalue weighted by Crippen LogP contribution is 2.29. The number of hydrogen-bond acceptors (Lipinski definition) is 1. The standard InChI is InChI=1S/C17H15FO/c18-16-7-5-13(6-8-16)17(19)11-12-9-14-3-1-2-4-15(14)10-12/h1-8,12H,9-11H2. The van der Waals surface area contributed by atoms with Gasteiger partial charge in [-0.15, -0.1) is 0 Å². The number of hydrogen-bond donors (Lipinski definition) is 0. The molecule has 2 aromatic carbocycles. The van der Waals surface area contributed by atoms with Gasteiger partial charge >= 0.3 is 0 Å². The van der Waals surface area contributed by atoms with E-state index in [9.17, 15) is 9.18 Å². The van der Waals surface area contributed by atoms with Crippen molar-refractivity contribution in [3.05, 3.63) is 71.0 Å². The van der Waals surface area contributed by atoms with Crippen molar-refractivity contribution in [1.82, 2.24) is 0 Å². The van der Waals surface area contributed by atoms with E-state index in [1.807, 2.05) is 12.1 Å². The van der Waals surface area contributed by atoms with Crippen molar-refractivity contribution in [2.45, 2.75) is 19.3 Å². The Bertz CT molecular complexity index is 576. The molecule has 0 aromatic heterocycles. The Hall–Kier alpha value is -1.96. The Morgan fingerprint density at radius 1 is 1.00 bits per heavy atom. The number of halogens is 1. The van der Waals surface area contributed by atoms with Crippen LogP contribution in [0.15, 0.2) is 48.5 Å². The predicted molar refractivity (Wildman–Crippen MR) is 72.7 cm³/mol. The van der Waals surface area contributed by atoms with Crippen LogP contribution in [0.5, 0.6) is 0 Å². The summed E-state index contributed by atoms with van der Waals surface area (Å²) in [6.07, 6.45) is 2.49. The summed E-state index contributed by atoms with van der Waals surface area (Å²) in [7, 11) is 0.